The van der Waals surface area contributed by atoms with E-state index in [2.05, 4.69) is 20.6 Å². The van der Waals surface area contributed by atoms with Gasteiger partial charge in [-0.2, -0.15) is 13.2 Å². The lowest BCUT2D eigenvalue weighted by Crippen LogP contribution is -2.39. The molecule has 1 heterocycles. The lowest BCUT2D eigenvalue weighted by molar-refractivity contribution is -0.151. The lowest BCUT2D eigenvalue weighted by atomic mass is 10.1. The predicted molar refractivity (Wildman–Crippen MR) is 67.2 cm³/mol. The number of anilines is 2. The van der Waals surface area contributed by atoms with Crippen LogP contribution in [0.2, 0.25) is 0 Å². The highest BCUT2D eigenvalue weighted by molar-refractivity contribution is 5.59. The molecule has 1 aliphatic carbocycles. The molecule has 1 aliphatic rings. The molecule has 1 fully saturated rings. The molecular weight excluding hydrogens is 257 g/mol. The van der Waals surface area contributed by atoms with Crippen LogP contribution in [-0.2, 0) is 6.42 Å². The number of aromatic nitrogens is 2. The van der Waals surface area contributed by atoms with Gasteiger partial charge in [0.15, 0.2) is 0 Å². The van der Waals surface area contributed by atoms with Gasteiger partial charge in [0, 0.05) is 12.6 Å². The Morgan fingerprint density at radius 1 is 1.26 bits per heavy atom. The Hall–Kier alpha value is -1.53. The maximum absolute atomic E-state index is 13.0. The fraction of sp³-hybridized carbons (Fsp3) is 0.667. The quantitative estimate of drug-likeness (QED) is 0.866. The Bertz CT molecular complexity index is 455. The van der Waals surface area contributed by atoms with Crippen molar-refractivity contribution in [3.05, 3.63) is 11.9 Å². The average molecular weight is 274 g/mol. The van der Waals surface area contributed by atoms with E-state index in [-0.39, 0.29) is 18.7 Å². The molecule has 4 nitrogen and oxygen atoms in total. The van der Waals surface area contributed by atoms with Crippen LogP contribution < -0.4 is 10.6 Å². The van der Waals surface area contributed by atoms with Gasteiger partial charge in [-0.25, -0.2) is 9.97 Å². The number of hydrogen-bond acceptors (Lipinski definition) is 4. The van der Waals surface area contributed by atoms with Gasteiger partial charge in [-0.15, -0.1) is 0 Å². The van der Waals surface area contributed by atoms with Crippen LogP contribution in [-0.4, -0.2) is 28.7 Å². The van der Waals surface area contributed by atoms with E-state index in [1.54, 1.807) is 7.05 Å². The highest BCUT2D eigenvalue weighted by Crippen LogP contribution is 2.51. The average Bonchev–Trinajstić information content (AvgIpc) is 3.12. The summed E-state index contributed by atoms with van der Waals surface area (Å²) in [5, 5.41) is 5.47. The Balaban J connectivity index is 2.30. The predicted octanol–water partition coefficient (Wildman–Crippen LogP) is 2.98. The Morgan fingerprint density at radius 2 is 1.89 bits per heavy atom. The molecule has 7 heteroatoms. The van der Waals surface area contributed by atoms with Crippen LogP contribution in [0.1, 0.15) is 31.7 Å². The molecule has 0 saturated heterocycles. The topological polar surface area (TPSA) is 49.8 Å². The van der Waals surface area contributed by atoms with Crippen molar-refractivity contribution < 1.29 is 13.2 Å². The van der Waals surface area contributed by atoms with E-state index in [1.807, 2.05) is 6.92 Å². The summed E-state index contributed by atoms with van der Waals surface area (Å²) in [6.07, 6.45) is -1.33. The molecule has 1 aromatic rings. The molecule has 2 N–H and O–H groups in total. The van der Waals surface area contributed by atoms with Gasteiger partial charge in [-0.3, -0.25) is 0 Å². The summed E-state index contributed by atoms with van der Waals surface area (Å²) in [5.41, 5.74) is -1.09. The zero-order valence-corrected chi connectivity index (χ0v) is 10.9. The summed E-state index contributed by atoms with van der Waals surface area (Å²) >= 11 is 0. The summed E-state index contributed by atoms with van der Waals surface area (Å²) in [5.74, 6) is 0.869. The molecule has 0 bridgehead atoms. The summed E-state index contributed by atoms with van der Waals surface area (Å²) in [6, 6.07) is 0. The second-order valence-corrected chi connectivity index (χ2v) is 4.75. The molecular formula is C12H17F3N4. The zero-order valence-electron chi connectivity index (χ0n) is 10.9. The van der Waals surface area contributed by atoms with Crippen molar-refractivity contribution in [2.45, 2.75) is 44.3 Å². The van der Waals surface area contributed by atoms with Crippen molar-refractivity contribution in [3.8, 4) is 0 Å². The standard InChI is InChI=1S/C12H17F3N4/c1-3-4-8-9(16-2)17-7-18-10(8)19-11(5-6-11)12(13,14)15/h7H,3-6H2,1-2H3,(H2,16,17,18,19). The first kappa shape index (κ1) is 13.9. The van der Waals surface area contributed by atoms with Gasteiger partial charge in [0.25, 0.3) is 0 Å². The maximum Gasteiger partial charge on any atom is 0.411 e. The molecule has 0 aromatic carbocycles. The number of halogens is 3. The molecule has 1 saturated carbocycles. The third-order valence-corrected chi connectivity index (χ3v) is 3.33. The second-order valence-electron chi connectivity index (χ2n) is 4.75. The van der Waals surface area contributed by atoms with Crippen LogP contribution in [0, 0.1) is 0 Å². The van der Waals surface area contributed by atoms with Crippen LogP contribution >= 0.6 is 0 Å². The third kappa shape index (κ3) is 2.59. The lowest BCUT2D eigenvalue weighted by Gasteiger charge is -2.23. The van der Waals surface area contributed by atoms with Gasteiger partial charge < -0.3 is 10.6 Å². The van der Waals surface area contributed by atoms with Crippen LogP contribution in [0.25, 0.3) is 0 Å². The van der Waals surface area contributed by atoms with Gasteiger partial charge in [0.05, 0.1) is 0 Å². The minimum absolute atomic E-state index is 0.0982. The van der Waals surface area contributed by atoms with Crippen molar-refractivity contribution in [1.29, 1.82) is 0 Å². The smallest absolute Gasteiger partial charge is 0.373 e. The fourth-order valence-electron chi connectivity index (χ4n) is 2.05. The third-order valence-electron chi connectivity index (χ3n) is 3.33. The summed E-state index contributed by atoms with van der Waals surface area (Å²) in [6.45, 7) is 1.97. The van der Waals surface area contributed by atoms with Crippen LogP contribution in [0.5, 0.6) is 0 Å². The van der Waals surface area contributed by atoms with Crippen molar-refractivity contribution in [2.24, 2.45) is 0 Å². The number of rotatable bonds is 5. The van der Waals surface area contributed by atoms with Crippen molar-refractivity contribution in [2.75, 3.05) is 17.7 Å². The Morgan fingerprint density at radius 3 is 2.37 bits per heavy atom. The fourth-order valence-corrected chi connectivity index (χ4v) is 2.05. The van der Waals surface area contributed by atoms with Gasteiger partial charge in [-0.05, 0) is 19.3 Å². The highest BCUT2D eigenvalue weighted by Gasteiger charge is 2.63. The molecule has 0 radical (unpaired) electrons. The molecule has 2 rings (SSSR count). The minimum Gasteiger partial charge on any atom is -0.373 e. The van der Waals surface area contributed by atoms with Gasteiger partial charge in [0.1, 0.15) is 23.5 Å². The molecule has 1 aromatic heterocycles. The molecule has 0 amide bonds. The Kier molecular flexibility index (Phi) is 3.56. The second kappa shape index (κ2) is 4.86. The number of alkyl halides is 3. The summed E-state index contributed by atoms with van der Waals surface area (Å²) in [7, 11) is 1.70. The molecule has 0 spiro atoms. The Labute approximate surface area is 109 Å². The highest BCUT2D eigenvalue weighted by atomic mass is 19.4. The zero-order chi connectivity index (χ0) is 14.1. The maximum atomic E-state index is 13.0. The van der Waals surface area contributed by atoms with Gasteiger partial charge in [0.2, 0.25) is 0 Å². The van der Waals surface area contributed by atoms with E-state index in [1.165, 1.54) is 6.33 Å². The first-order valence-electron chi connectivity index (χ1n) is 6.30. The van der Waals surface area contributed by atoms with E-state index in [4.69, 9.17) is 0 Å². The van der Waals surface area contributed by atoms with E-state index >= 15 is 0 Å². The molecule has 19 heavy (non-hydrogen) atoms. The normalized spacial score (nSPS) is 17.1. The minimum atomic E-state index is -4.25. The van der Waals surface area contributed by atoms with Crippen LogP contribution in [0.4, 0.5) is 24.8 Å². The molecule has 106 valence electrons. The van der Waals surface area contributed by atoms with Crippen molar-refractivity contribution in [1.82, 2.24) is 9.97 Å². The van der Waals surface area contributed by atoms with E-state index < -0.39 is 11.7 Å². The number of hydrogen-bond donors (Lipinski definition) is 2. The van der Waals surface area contributed by atoms with Crippen LogP contribution in [0.3, 0.4) is 0 Å². The van der Waals surface area contributed by atoms with E-state index in [9.17, 15) is 13.2 Å². The largest absolute Gasteiger partial charge is 0.411 e. The number of nitrogens with one attached hydrogen (secondary N) is 2. The molecule has 0 atom stereocenters. The summed E-state index contributed by atoms with van der Waals surface area (Å²) in [4.78, 5) is 8.03. The first-order chi connectivity index (χ1) is 8.93. The van der Waals surface area contributed by atoms with Crippen molar-refractivity contribution >= 4 is 11.6 Å². The van der Waals surface area contributed by atoms with Gasteiger partial charge >= 0.3 is 6.18 Å². The summed E-state index contributed by atoms with van der Waals surface area (Å²) < 4.78 is 38.9. The monoisotopic (exact) mass is 274 g/mol. The molecule has 0 unspecified atom stereocenters. The van der Waals surface area contributed by atoms with E-state index in [0.717, 1.165) is 6.42 Å². The first-order valence-corrected chi connectivity index (χ1v) is 6.30. The van der Waals surface area contributed by atoms with Gasteiger partial charge in [-0.1, -0.05) is 13.3 Å². The number of nitrogens with zero attached hydrogens (tertiary/aromatic N) is 2. The molecule has 0 aliphatic heterocycles. The van der Waals surface area contributed by atoms with E-state index in [0.29, 0.717) is 17.8 Å². The van der Waals surface area contributed by atoms with Crippen LogP contribution in [0.15, 0.2) is 6.33 Å². The van der Waals surface area contributed by atoms with Crippen molar-refractivity contribution in [3.63, 3.8) is 0 Å². The SMILES string of the molecule is CCCc1c(NC)ncnc1NC1(C(F)(F)F)CC1.